The largest absolute Gasteiger partial charge is 0.360 e. The Balaban J connectivity index is 1.53. The quantitative estimate of drug-likeness (QED) is 0.544. The van der Waals surface area contributed by atoms with E-state index in [-0.39, 0.29) is 16.7 Å². The van der Waals surface area contributed by atoms with Gasteiger partial charge in [-0.2, -0.15) is 0 Å². The van der Waals surface area contributed by atoms with E-state index < -0.39 is 0 Å². The Morgan fingerprint density at radius 1 is 1.15 bits per heavy atom. The lowest BCUT2D eigenvalue weighted by molar-refractivity contribution is 0.102. The van der Waals surface area contributed by atoms with Crippen molar-refractivity contribution < 1.29 is 9.18 Å². The molecule has 3 aromatic rings. The van der Waals surface area contributed by atoms with E-state index in [9.17, 15) is 9.18 Å². The monoisotopic (exact) mass is 410 g/mol. The predicted molar refractivity (Wildman–Crippen MR) is 103 cm³/mol. The SMILES string of the molecule is CCCNc1nnc(SCc2nnc(C(=O)Nc3ccc(F)cc3)s2)s1. The van der Waals surface area contributed by atoms with Crippen LogP contribution in [0.15, 0.2) is 28.6 Å². The third-order valence-electron chi connectivity index (χ3n) is 3.01. The van der Waals surface area contributed by atoms with Crippen LogP contribution in [0.1, 0.15) is 28.2 Å². The molecule has 7 nitrogen and oxygen atoms in total. The summed E-state index contributed by atoms with van der Waals surface area (Å²) < 4.78 is 13.7. The lowest BCUT2D eigenvalue weighted by Crippen LogP contribution is -2.11. The Kier molecular flexibility index (Phi) is 6.47. The van der Waals surface area contributed by atoms with Gasteiger partial charge in [0.25, 0.3) is 5.91 Å². The number of halogens is 1. The number of carbonyl (C=O) groups is 1. The van der Waals surface area contributed by atoms with Gasteiger partial charge in [-0.05, 0) is 30.7 Å². The number of nitrogens with zero attached hydrogens (tertiary/aromatic N) is 4. The standard InChI is InChI=1S/C15H15FN6OS3/c1-2-7-17-14-21-22-15(26-14)24-8-11-19-20-13(25-11)12(23)18-10-5-3-9(16)4-6-10/h3-6H,2,7-8H2,1H3,(H,17,21)(H,18,23). The van der Waals surface area contributed by atoms with E-state index in [1.807, 2.05) is 0 Å². The Morgan fingerprint density at radius 3 is 2.73 bits per heavy atom. The van der Waals surface area contributed by atoms with Crippen LogP contribution in [-0.4, -0.2) is 32.8 Å². The van der Waals surface area contributed by atoms with Gasteiger partial charge < -0.3 is 10.6 Å². The van der Waals surface area contributed by atoms with E-state index in [0.717, 1.165) is 27.4 Å². The zero-order chi connectivity index (χ0) is 18.4. The second-order valence-electron chi connectivity index (χ2n) is 5.05. The molecule has 0 atom stereocenters. The number of anilines is 2. The smallest absolute Gasteiger partial charge is 0.286 e. The third kappa shape index (κ3) is 5.19. The molecule has 1 amide bonds. The van der Waals surface area contributed by atoms with E-state index in [2.05, 4.69) is 38.0 Å². The molecule has 0 radical (unpaired) electrons. The molecule has 0 spiro atoms. The molecule has 0 aliphatic rings. The number of nitrogens with one attached hydrogen (secondary N) is 2. The molecule has 0 aliphatic carbocycles. The first kappa shape index (κ1) is 18.7. The number of hydrogen-bond donors (Lipinski definition) is 2. The van der Waals surface area contributed by atoms with E-state index in [0.29, 0.717) is 11.4 Å². The molecule has 0 unspecified atom stereocenters. The van der Waals surface area contributed by atoms with E-state index in [1.165, 1.54) is 58.7 Å². The Bertz CT molecular complexity index is 866. The van der Waals surface area contributed by atoms with Crippen LogP contribution in [0.25, 0.3) is 0 Å². The summed E-state index contributed by atoms with van der Waals surface area (Å²) in [5.74, 6) is -0.167. The molecule has 0 saturated heterocycles. The molecule has 1 aromatic carbocycles. The fourth-order valence-corrected chi connectivity index (χ4v) is 4.31. The molecular formula is C15H15FN6OS3. The number of benzene rings is 1. The zero-order valence-corrected chi connectivity index (χ0v) is 16.2. The average Bonchev–Trinajstić information content (AvgIpc) is 3.29. The summed E-state index contributed by atoms with van der Waals surface area (Å²) in [6.45, 7) is 2.95. The van der Waals surface area contributed by atoms with Gasteiger partial charge in [-0.1, -0.05) is 41.4 Å². The second-order valence-corrected chi connectivity index (χ2v) is 8.31. The van der Waals surface area contributed by atoms with E-state index in [1.54, 1.807) is 0 Å². The minimum atomic E-state index is -0.368. The number of aromatic nitrogens is 4. The maximum Gasteiger partial charge on any atom is 0.286 e. The lowest BCUT2D eigenvalue weighted by Gasteiger charge is -2.01. The fourth-order valence-electron chi connectivity index (χ4n) is 1.82. The van der Waals surface area contributed by atoms with Gasteiger partial charge in [0.1, 0.15) is 10.8 Å². The van der Waals surface area contributed by atoms with Gasteiger partial charge in [0, 0.05) is 12.2 Å². The Morgan fingerprint density at radius 2 is 1.96 bits per heavy atom. The van der Waals surface area contributed by atoms with Crippen LogP contribution < -0.4 is 10.6 Å². The molecule has 26 heavy (non-hydrogen) atoms. The highest BCUT2D eigenvalue weighted by molar-refractivity contribution is 8.00. The molecule has 136 valence electrons. The number of hydrogen-bond acceptors (Lipinski definition) is 9. The van der Waals surface area contributed by atoms with Gasteiger partial charge in [0.2, 0.25) is 10.1 Å². The maximum atomic E-state index is 12.9. The van der Waals surface area contributed by atoms with Crippen molar-refractivity contribution >= 4 is 51.2 Å². The highest BCUT2D eigenvalue weighted by atomic mass is 32.2. The van der Waals surface area contributed by atoms with Crippen LogP contribution in [0.5, 0.6) is 0 Å². The van der Waals surface area contributed by atoms with Gasteiger partial charge in [0.15, 0.2) is 4.34 Å². The molecule has 0 aliphatic heterocycles. The van der Waals surface area contributed by atoms with Gasteiger partial charge in [-0.3, -0.25) is 4.79 Å². The molecule has 2 heterocycles. The third-order valence-corrected chi connectivity index (χ3v) is 6.15. The van der Waals surface area contributed by atoms with Gasteiger partial charge in [-0.25, -0.2) is 4.39 Å². The fraction of sp³-hybridized carbons (Fsp3) is 0.267. The summed E-state index contributed by atoms with van der Waals surface area (Å²) in [5, 5.41) is 23.7. The predicted octanol–water partition coefficient (Wildman–Crippen LogP) is 3.90. The number of rotatable bonds is 8. The highest BCUT2D eigenvalue weighted by Gasteiger charge is 2.14. The molecule has 3 rings (SSSR count). The van der Waals surface area contributed by atoms with E-state index >= 15 is 0 Å². The normalized spacial score (nSPS) is 10.7. The number of amides is 1. The molecule has 2 aromatic heterocycles. The molecule has 0 bridgehead atoms. The van der Waals surface area contributed by atoms with Crippen LogP contribution >= 0.6 is 34.4 Å². The van der Waals surface area contributed by atoms with Crippen LogP contribution in [0.2, 0.25) is 0 Å². The first-order valence-corrected chi connectivity index (χ1v) is 10.4. The first-order chi connectivity index (χ1) is 12.6. The highest BCUT2D eigenvalue weighted by Crippen LogP contribution is 2.29. The lowest BCUT2D eigenvalue weighted by atomic mass is 10.3. The zero-order valence-electron chi connectivity index (χ0n) is 13.7. The number of carbonyl (C=O) groups excluding carboxylic acids is 1. The van der Waals surface area contributed by atoms with Crippen molar-refractivity contribution in [3.8, 4) is 0 Å². The second kappa shape index (κ2) is 9.01. The summed E-state index contributed by atoms with van der Waals surface area (Å²) in [6, 6.07) is 5.54. The van der Waals surface area contributed by atoms with Crippen molar-refractivity contribution in [3.63, 3.8) is 0 Å². The molecule has 2 N–H and O–H groups in total. The number of thioether (sulfide) groups is 1. The van der Waals surface area contributed by atoms with Crippen molar-refractivity contribution in [1.82, 2.24) is 20.4 Å². The topological polar surface area (TPSA) is 92.7 Å². The van der Waals surface area contributed by atoms with Gasteiger partial charge >= 0.3 is 0 Å². The molecule has 0 saturated carbocycles. The Labute approximate surface area is 161 Å². The molecular weight excluding hydrogens is 395 g/mol. The summed E-state index contributed by atoms with van der Waals surface area (Å²) >= 11 is 4.20. The molecule has 11 heteroatoms. The summed E-state index contributed by atoms with van der Waals surface area (Å²) in [6.07, 6.45) is 1.02. The van der Waals surface area contributed by atoms with Crippen molar-refractivity contribution in [2.75, 3.05) is 17.2 Å². The van der Waals surface area contributed by atoms with Crippen molar-refractivity contribution in [1.29, 1.82) is 0 Å². The van der Waals surface area contributed by atoms with Crippen LogP contribution in [-0.2, 0) is 5.75 Å². The Hall–Kier alpha value is -2.11. The maximum absolute atomic E-state index is 12.9. The summed E-state index contributed by atoms with van der Waals surface area (Å²) in [5.41, 5.74) is 0.503. The van der Waals surface area contributed by atoms with Crippen molar-refractivity contribution in [2.45, 2.75) is 23.4 Å². The van der Waals surface area contributed by atoms with Crippen molar-refractivity contribution in [2.24, 2.45) is 0 Å². The van der Waals surface area contributed by atoms with Crippen molar-refractivity contribution in [3.05, 3.63) is 40.1 Å². The minimum absolute atomic E-state index is 0.257. The average molecular weight is 411 g/mol. The summed E-state index contributed by atoms with van der Waals surface area (Å²) in [7, 11) is 0. The molecule has 0 fully saturated rings. The van der Waals surface area contributed by atoms with Crippen LogP contribution in [0.3, 0.4) is 0 Å². The summed E-state index contributed by atoms with van der Waals surface area (Å²) in [4.78, 5) is 12.2. The van der Waals surface area contributed by atoms with Gasteiger partial charge in [-0.15, -0.1) is 20.4 Å². The van der Waals surface area contributed by atoms with E-state index in [4.69, 9.17) is 0 Å². The van der Waals surface area contributed by atoms with Crippen LogP contribution in [0.4, 0.5) is 15.2 Å². The van der Waals surface area contributed by atoms with Gasteiger partial charge in [0.05, 0.1) is 5.75 Å². The van der Waals surface area contributed by atoms with Crippen LogP contribution in [0, 0.1) is 5.82 Å². The first-order valence-electron chi connectivity index (χ1n) is 7.73. The minimum Gasteiger partial charge on any atom is -0.360 e.